The summed E-state index contributed by atoms with van der Waals surface area (Å²) in [6, 6.07) is 7.31. The Balaban J connectivity index is 2.89. The number of thioether (sulfide) groups is 1. The lowest BCUT2D eigenvalue weighted by Gasteiger charge is -2.10. The van der Waals surface area contributed by atoms with E-state index in [-0.39, 0.29) is 0 Å². The minimum absolute atomic E-state index is 0.665. The van der Waals surface area contributed by atoms with Crippen LogP contribution in [0.2, 0.25) is 0 Å². The van der Waals surface area contributed by atoms with E-state index in [2.05, 4.69) is 0 Å². The average Bonchev–Trinajstić information content (AvgIpc) is 2.19. The smallest absolute Gasteiger partial charge is 0.337 e. The zero-order chi connectivity index (χ0) is 10.6. The third-order valence-electron chi connectivity index (χ3n) is 1.88. The molecule has 0 aliphatic carbocycles. The molecule has 0 aromatic heterocycles. The van der Waals surface area contributed by atoms with Crippen LogP contribution in [0, 0.1) is 0 Å². The van der Waals surface area contributed by atoms with Gasteiger partial charge in [0, 0.05) is 12.0 Å². The molecule has 0 amide bonds. The molecule has 1 aromatic rings. The van der Waals surface area contributed by atoms with Gasteiger partial charge in [0.2, 0.25) is 0 Å². The van der Waals surface area contributed by atoms with Crippen molar-refractivity contribution in [2.24, 2.45) is 0 Å². The van der Waals surface area contributed by atoms with E-state index in [0.29, 0.717) is 5.56 Å². The molecule has 0 heterocycles. The molecule has 1 N–H and O–H groups in total. The Bertz CT molecular complexity index is 308. The van der Waals surface area contributed by atoms with Crippen LogP contribution >= 0.6 is 11.8 Å². The summed E-state index contributed by atoms with van der Waals surface area (Å²) in [4.78, 5) is 11.9. The number of hydrogen-bond acceptors (Lipinski definition) is 3. The monoisotopic (exact) mass is 212 g/mol. The number of carbonyl (C=O) groups is 1. The quantitative estimate of drug-likeness (QED) is 0.777. The predicted molar refractivity (Wildman–Crippen MR) is 55.6 cm³/mol. The molecule has 0 bridgehead atoms. The van der Waals surface area contributed by atoms with Gasteiger partial charge in [0.15, 0.2) is 6.10 Å². The zero-order valence-corrected chi connectivity index (χ0v) is 8.88. The van der Waals surface area contributed by atoms with Gasteiger partial charge in [-0.2, -0.15) is 0 Å². The van der Waals surface area contributed by atoms with Crippen molar-refractivity contribution in [1.82, 2.24) is 0 Å². The minimum Gasteiger partial charge on any atom is -0.479 e. The number of rotatable bonds is 4. The van der Waals surface area contributed by atoms with Gasteiger partial charge in [0.1, 0.15) is 0 Å². The van der Waals surface area contributed by atoms with E-state index in [1.54, 1.807) is 23.9 Å². The fraction of sp³-hybridized carbons (Fsp3) is 0.300. The first kappa shape index (κ1) is 11.1. The number of carboxylic acids is 1. The highest BCUT2D eigenvalue weighted by molar-refractivity contribution is 7.98. The molecule has 14 heavy (non-hydrogen) atoms. The molecule has 0 saturated carbocycles. The van der Waals surface area contributed by atoms with Gasteiger partial charge >= 0.3 is 5.97 Å². The standard InChI is InChI=1S/C10H12O3S/c1-13-9(10(11)12)7-3-5-8(14-2)6-4-7/h3-6,9H,1-2H3,(H,11,12). The summed E-state index contributed by atoms with van der Waals surface area (Å²) in [5.41, 5.74) is 0.665. The molecule has 1 aromatic carbocycles. The maximum Gasteiger partial charge on any atom is 0.337 e. The normalized spacial score (nSPS) is 12.4. The summed E-state index contributed by atoms with van der Waals surface area (Å²) in [6.07, 6.45) is 1.10. The predicted octanol–water partition coefficient (Wildman–Crippen LogP) is 2.18. The molecule has 0 saturated heterocycles. The summed E-state index contributed by atoms with van der Waals surface area (Å²) in [6.45, 7) is 0. The number of carboxylic acid groups (broad SMARTS) is 1. The van der Waals surface area contributed by atoms with Gasteiger partial charge in [-0.1, -0.05) is 12.1 Å². The molecule has 0 aliphatic heterocycles. The molecule has 0 fully saturated rings. The second kappa shape index (κ2) is 5.02. The van der Waals surface area contributed by atoms with Gasteiger partial charge < -0.3 is 9.84 Å². The Labute approximate surface area is 87.1 Å². The Kier molecular flexibility index (Phi) is 3.98. The van der Waals surface area contributed by atoms with E-state index in [0.717, 1.165) is 4.90 Å². The van der Waals surface area contributed by atoms with E-state index >= 15 is 0 Å². The molecule has 0 radical (unpaired) electrons. The summed E-state index contributed by atoms with van der Waals surface area (Å²) >= 11 is 1.62. The Morgan fingerprint density at radius 2 is 2.00 bits per heavy atom. The first-order valence-corrected chi connectivity index (χ1v) is 5.31. The lowest BCUT2D eigenvalue weighted by Crippen LogP contribution is -2.13. The van der Waals surface area contributed by atoms with Crippen molar-refractivity contribution in [3.8, 4) is 0 Å². The zero-order valence-electron chi connectivity index (χ0n) is 8.06. The first-order valence-electron chi connectivity index (χ1n) is 4.08. The van der Waals surface area contributed by atoms with Crippen LogP contribution in [0.4, 0.5) is 0 Å². The third kappa shape index (κ3) is 2.49. The van der Waals surface area contributed by atoms with E-state index in [9.17, 15) is 4.79 Å². The number of aliphatic carboxylic acids is 1. The van der Waals surface area contributed by atoms with E-state index < -0.39 is 12.1 Å². The number of hydrogen-bond donors (Lipinski definition) is 1. The molecule has 0 spiro atoms. The fourth-order valence-corrected chi connectivity index (χ4v) is 1.57. The Morgan fingerprint density at radius 1 is 1.43 bits per heavy atom. The van der Waals surface area contributed by atoms with Crippen molar-refractivity contribution >= 4 is 17.7 Å². The average molecular weight is 212 g/mol. The Morgan fingerprint density at radius 3 is 2.36 bits per heavy atom. The molecule has 3 nitrogen and oxygen atoms in total. The van der Waals surface area contributed by atoms with Crippen LogP contribution in [0.25, 0.3) is 0 Å². The fourth-order valence-electron chi connectivity index (χ4n) is 1.16. The van der Waals surface area contributed by atoms with Crippen LogP contribution in [0.1, 0.15) is 11.7 Å². The van der Waals surface area contributed by atoms with Crippen molar-refractivity contribution in [3.63, 3.8) is 0 Å². The summed E-state index contributed by atoms with van der Waals surface area (Å²) in [7, 11) is 1.39. The lowest BCUT2D eigenvalue weighted by atomic mass is 10.1. The highest BCUT2D eigenvalue weighted by Gasteiger charge is 2.18. The molecule has 1 unspecified atom stereocenters. The van der Waals surface area contributed by atoms with Crippen molar-refractivity contribution in [2.45, 2.75) is 11.0 Å². The van der Waals surface area contributed by atoms with Crippen LogP contribution in [-0.4, -0.2) is 24.4 Å². The largest absolute Gasteiger partial charge is 0.479 e. The van der Waals surface area contributed by atoms with Gasteiger partial charge in [-0.3, -0.25) is 0 Å². The first-order chi connectivity index (χ1) is 6.69. The summed E-state index contributed by atoms with van der Waals surface area (Å²) in [5, 5.41) is 8.82. The third-order valence-corrected chi connectivity index (χ3v) is 2.62. The molecular weight excluding hydrogens is 200 g/mol. The lowest BCUT2D eigenvalue weighted by molar-refractivity contribution is -0.148. The van der Waals surface area contributed by atoms with E-state index in [1.165, 1.54) is 7.11 Å². The van der Waals surface area contributed by atoms with Crippen molar-refractivity contribution in [2.75, 3.05) is 13.4 Å². The summed E-state index contributed by atoms with van der Waals surface area (Å²) < 4.78 is 4.86. The maximum absolute atomic E-state index is 10.8. The summed E-state index contributed by atoms with van der Waals surface area (Å²) in [5.74, 6) is -0.968. The molecular formula is C10H12O3S. The van der Waals surface area contributed by atoms with Crippen LogP contribution in [0.3, 0.4) is 0 Å². The highest BCUT2D eigenvalue weighted by atomic mass is 32.2. The van der Waals surface area contributed by atoms with Crippen molar-refractivity contribution in [3.05, 3.63) is 29.8 Å². The molecule has 76 valence electrons. The second-order valence-electron chi connectivity index (χ2n) is 2.73. The minimum atomic E-state index is -0.968. The SMILES string of the molecule is COC(C(=O)O)c1ccc(SC)cc1. The number of ether oxygens (including phenoxy) is 1. The van der Waals surface area contributed by atoms with E-state index in [4.69, 9.17) is 9.84 Å². The van der Waals surface area contributed by atoms with Crippen LogP contribution in [0.15, 0.2) is 29.2 Å². The van der Waals surface area contributed by atoms with Gasteiger partial charge in [0.25, 0.3) is 0 Å². The highest BCUT2D eigenvalue weighted by Crippen LogP contribution is 2.21. The van der Waals surface area contributed by atoms with E-state index in [1.807, 2.05) is 18.4 Å². The molecule has 1 rings (SSSR count). The van der Waals surface area contributed by atoms with Gasteiger partial charge in [-0.25, -0.2) is 4.79 Å². The number of methoxy groups -OCH3 is 1. The van der Waals surface area contributed by atoms with Crippen LogP contribution in [0.5, 0.6) is 0 Å². The van der Waals surface area contributed by atoms with Crippen molar-refractivity contribution in [1.29, 1.82) is 0 Å². The van der Waals surface area contributed by atoms with Gasteiger partial charge in [-0.15, -0.1) is 11.8 Å². The second-order valence-corrected chi connectivity index (χ2v) is 3.61. The number of benzene rings is 1. The van der Waals surface area contributed by atoms with Gasteiger partial charge in [-0.05, 0) is 24.0 Å². The topological polar surface area (TPSA) is 46.5 Å². The molecule has 1 atom stereocenters. The molecule has 0 aliphatic rings. The van der Waals surface area contributed by atoms with Crippen molar-refractivity contribution < 1.29 is 14.6 Å². The Hall–Kier alpha value is -1.00. The van der Waals surface area contributed by atoms with Crippen LogP contribution in [-0.2, 0) is 9.53 Å². The maximum atomic E-state index is 10.8. The van der Waals surface area contributed by atoms with Gasteiger partial charge in [0.05, 0.1) is 0 Å². The van der Waals surface area contributed by atoms with Crippen LogP contribution < -0.4 is 0 Å². The molecule has 4 heteroatoms.